The highest BCUT2D eigenvalue weighted by molar-refractivity contribution is 7.16. The molecule has 0 aliphatic carbocycles. The van der Waals surface area contributed by atoms with Crippen LogP contribution in [-0.4, -0.2) is 36.1 Å². The molecule has 1 heterocycles. The molecule has 7 heteroatoms. The van der Waals surface area contributed by atoms with E-state index in [1.165, 1.54) is 11.3 Å². The van der Waals surface area contributed by atoms with Gasteiger partial charge in [-0.3, -0.25) is 4.79 Å². The largest absolute Gasteiger partial charge is 0.462 e. The molecule has 6 nitrogen and oxygen atoms in total. The van der Waals surface area contributed by atoms with Crippen LogP contribution in [0, 0.1) is 0 Å². The Morgan fingerprint density at radius 3 is 2.31 bits per heavy atom. The lowest BCUT2D eigenvalue weighted by molar-refractivity contribution is 0.0526. The summed E-state index contributed by atoms with van der Waals surface area (Å²) in [6.45, 7) is 8.15. The monoisotopic (exact) mass is 411 g/mol. The van der Waals surface area contributed by atoms with Crippen LogP contribution in [0.1, 0.15) is 41.5 Å². The second-order valence-electron chi connectivity index (χ2n) is 6.48. The fraction of sp³-hybridized carbons (Fsp3) is 0.318. The number of esters is 1. The maximum Gasteiger partial charge on any atom is 0.338 e. The lowest BCUT2D eigenvalue weighted by Gasteiger charge is -2.20. The topological polar surface area (TPSA) is 63.9 Å². The highest BCUT2D eigenvalue weighted by Gasteiger charge is 2.12. The molecule has 0 radical (unpaired) electrons. The van der Waals surface area contributed by atoms with E-state index >= 15 is 0 Å². The first-order chi connectivity index (χ1) is 14.0. The first kappa shape index (κ1) is 20.8. The predicted molar refractivity (Wildman–Crippen MR) is 117 cm³/mol. The first-order valence-corrected chi connectivity index (χ1v) is 10.5. The SMILES string of the molecule is CCOC(=O)c1ccc2c(c1)sc(=NC(=O)c1ccc(N(CC)CC)cc1)n2C. The molecule has 0 spiro atoms. The number of anilines is 1. The van der Waals surface area contributed by atoms with Gasteiger partial charge in [0.1, 0.15) is 0 Å². The van der Waals surface area contributed by atoms with Gasteiger partial charge in [-0.1, -0.05) is 11.3 Å². The fourth-order valence-electron chi connectivity index (χ4n) is 3.14. The Hall–Kier alpha value is -2.93. The molecule has 0 atom stereocenters. The van der Waals surface area contributed by atoms with Gasteiger partial charge in [-0.25, -0.2) is 4.79 Å². The quantitative estimate of drug-likeness (QED) is 0.575. The second kappa shape index (κ2) is 9.05. The Morgan fingerprint density at radius 2 is 1.69 bits per heavy atom. The van der Waals surface area contributed by atoms with Gasteiger partial charge in [-0.2, -0.15) is 4.99 Å². The number of carbonyl (C=O) groups excluding carboxylic acids is 2. The van der Waals surface area contributed by atoms with Gasteiger partial charge in [0.05, 0.1) is 22.4 Å². The van der Waals surface area contributed by atoms with Crippen LogP contribution in [0.5, 0.6) is 0 Å². The van der Waals surface area contributed by atoms with Crippen molar-refractivity contribution in [2.75, 3.05) is 24.6 Å². The van der Waals surface area contributed by atoms with Gasteiger partial charge in [0.2, 0.25) is 0 Å². The second-order valence-corrected chi connectivity index (χ2v) is 7.49. The van der Waals surface area contributed by atoms with Gasteiger partial charge >= 0.3 is 5.97 Å². The summed E-state index contributed by atoms with van der Waals surface area (Å²) in [4.78, 5) is 31.7. The fourth-order valence-corrected chi connectivity index (χ4v) is 4.19. The number of ether oxygens (including phenoxy) is 1. The van der Waals surface area contributed by atoms with Crippen molar-refractivity contribution in [2.45, 2.75) is 20.8 Å². The van der Waals surface area contributed by atoms with Crippen molar-refractivity contribution in [3.63, 3.8) is 0 Å². The van der Waals surface area contributed by atoms with Crippen LogP contribution in [0.2, 0.25) is 0 Å². The van der Waals surface area contributed by atoms with Gasteiger partial charge in [-0.05, 0) is 63.2 Å². The summed E-state index contributed by atoms with van der Waals surface area (Å²) in [5.41, 5.74) is 3.04. The number of carbonyl (C=O) groups is 2. The van der Waals surface area contributed by atoms with Crippen molar-refractivity contribution in [2.24, 2.45) is 12.0 Å². The third-order valence-corrected chi connectivity index (χ3v) is 5.86. The Labute approximate surface area is 174 Å². The summed E-state index contributed by atoms with van der Waals surface area (Å²) in [5, 5.41) is 0. The summed E-state index contributed by atoms with van der Waals surface area (Å²) >= 11 is 1.37. The molecule has 0 bridgehead atoms. The van der Waals surface area contributed by atoms with Crippen LogP contribution in [-0.2, 0) is 11.8 Å². The highest BCUT2D eigenvalue weighted by Crippen LogP contribution is 2.20. The molecule has 0 aliphatic heterocycles. The molecule has 1 amide bonds. The van der Waals surface area contributed by atoms with E-state index in [-0.39, 0.29) is 11.9 Å². The summed E-state index contributed by atoms with van der Waals surface area (Å²) < 4.78 is 7.79. The van der Waals surface area contributed by atoms with E-state index < -0.39 is 0 Å². The molecule has 0 aliphatic rings. The van der Waals surface area contributed by atoms with E-state index in [9.17, 15) is 9.59 Å². The minimum atomic E-state index is -0.353. The third kappa shape index (κ3) is 4.40. The van der Waals surface area contributed by atoms with Crippen LogP contribution in [0.15, 0.2) is 47.5 Å². The first-order valence-electron chi connectivity index (χ1n) is 9.69. The average Bonchev–Trinajstić information content (AvgIpc) is 3.04. The number of amides is 1. The molecule has 152 valence electrons. The molecule has 0 saturated heterocycles. The van der Waals surface area contributed by atoms with Gasteiger partial charge in [0.25, 0.3) is 5.91 Å². The maximum atomic E-state index is 12.7. The van der Waals surface area contributed by atoms with Gasteiger partial charge in [-0.15, -0.1) is 0 Å². The summed E-state index contributed by atoms with van der Waals surface area (Å²) in [6, 6.07) is 12.9. The molecule has 0 unspecified atom stereocenters. The van der Waals surface area contributed by atoms with E-state index in [4.69, 9.17) is 4.74 Å². The number of aromatic nitrogens is 1. The molecule has 29 heavy (non-hydrogen) atoms. The van der Waals surface area contributed by atoms with E-state index in [1.807, 2.05) is 41.9 Å². The number of fused-ring (bicyclic) bond motifs is 1. The van der Waals surface area contributed by atoms with E-state index in [0.29, 0.717) is 22.5 Å². The van der Waals surface area contributed by atoms with E-state index in [0.717, 1.165) is 29.0 Å². The number of aryl methyl sites for hydroxylation is 1. The Balaban J connectivity index is 1.92. The molecule has 0 N–H and O–H groups in total. The van der Waals surface area contributed by atoms with Crippen molar-refractivity contribution in [1.29, 1.82) is 0 Å². The van der Waals surface area contributed by atoms with Crippen LogP contribution < -0.4 is 9.70 Å². The Bertz CT molecular complexity index is 1090. The molecule has 0 saturated carbocycles. The number of hydrogen-bond donors (Lipinski definition) is 0. The minimum Gasteiger partial charge on any atom is -0.462 e. The number of thiazole rings is 1. The van der Waals surface area contributed by atoms with Crippen molar-refractivity contribution in [3.8, 4) is 0 Å². The van der Waals surface area contributed by atoms with Gasteiger partial charge in [0.15, 0.2) is 4.80 Å². The predicted octanol–water partition coefficient (Wildman–Crippen LogP) is 4.00. The number of hydrogen-bond acceptors (Lipinski definition) is 5. The Kier molecular flexibility index (Phi) is 6.49. The lowest BCUT2D eigenvalue weighted by Crippen LogP contribution is -2.21. The summed E-state index contributed by atoms with van der Waals surface area (Å²) in [5.74, 6) is -0.642. The molecular weight excluding hydrogens is 386 g/mol. The zero-order valence-corrected chi connectivity index (χ0v) is 18.0. The maximum absolute atomic E-state index is 12.7. The normalized spacial score (nSPS) is 11.7. The summed E-state index contributed by atoms with van der Waals surface area (Å²) in [6.07, 6.45) is 0. The van der Waals surface area contributed by atoms with Crippen LogP contribution in [0.3, 0.4) is 0 Å². The summed E-state index contributed by atoms with van der Waals surface area (Å²) in [7, 11) is 1.86. The molecular formula is C22H25N3O3S. The molecule has 1 aromatic heterocycles. The zero-order chi connectivity index (χ0) is 21.0. The zero-order valence-electron chi connectivity index (χ0n) is 17.1. The van der Waals surface area contributed by atoms with Crippen LogP contribution in [0.25, 0.3) is 10.2 Å². The van der Waals surface area contributed by atoms with E-state index in [1.54, 1.807) is 19.1 Å². The van der Waals surface area contributed by atoms with Gasteiger partial charge < -0.3 is 14.2 Å². The van der Waals surface area contributed by atoms with Crippen molar-refractivity contribution >= 4 is 39.1 Å². The highest BCUT2D eigenvalue weighted by atomic mass is 32.1. The smallest absolute Gasteiger partial charge is 0.338 e. The van der Waals surface area contributed by atoms with E-state index in [2.05, 4.69) is 23.7 Å². The van der Waals surface area contributed by atoms with Crippen molar-refractivity contribution in [3.05, 3.63) is 58.4 Å². The molecule has 3 rings (SSSR count). The minimum absolute atomic E-state index is 0.288. The standard InChI is InChI=1S/C22H25N3O3S/c1-5-25(6-2)17-11-8-15(9-12-17)20(26)23-22-24(4)18-13-10-16(14-19(18)29-22)21(27)28-7-3/h8-14H,5-7H2,1-4H3. The van der Waals surface area contributed by atoms with Crippen LogP contribution >= 0.6 is 11.3 Å². The number of nitrogens with zero attached hydrogens (tertiary/aromatic N) is 3. The van der Waals surface area contributed by atoms with Gasteiger partial charge in [0, 0.05) is 31.4 Å². The average molecular weight is 412 g/mol. The number of benzene rings is 2. The molecule has 3 aromatic rings. The lowest BCUT2D eigenvalue weighted by atomic mass is 10.2. The number of rotatable bonds is 6. The Morgan fingerprint density at radius 1 is 1.03 bits per heavy atom. The van der Waals surface area contributed by atoms with Crippen molar-refractivity contribution < 1.29 is 14.3 Å². The molecule has 2 aromatic carbocycles. The van der Waals surface area contributed by atoms with Crippen molar-refractivity contribution in [1.82, 2.24) is 4.57 Å². The molecule has 0 fully saturated rings. The van der Waals surface area contributed by atoms with Crippen LogP contribution in [0.4, 0.5) is 5.69 Å². The third-order valence-electron chi connectivity index (χ3n) is 4.76.